The van der Waals surface area contributed by atoms with Gasteiger partial charge < -0.3 is 0 Å². The van der Waals surface area contributed by atoms with Crippen LogP contribution in [0.4, 0.5) is 0 Å². The molecule has 0 N–H and O–H groups in total. The van der Waals surface area contributed by atoms with E-state index in [0.717, 1.165) is 0 Å². The quantitative estimate of drug-likeness (QED) is 0.816. The fourth-order valence-electron chi connectivity index (χ4n) is 2.18. The van der Waals surface area contributed by atoms with Crippen molar-refractivity contribution in [2.45, 2.75) is 38.1 Å². The van der Waals surface area contributed by atoms with Gasteiger partial charge in [-0.3, -0.25) is 9.36 Å². The highest BCUT2D eigenvalue weighted by molar-refractivity contribution is 8.14. The molecule has 0 unspecified atom stereocenters. The molecule has 0 aliphatic carbocycles. The van der Waals surface area contributed by atoms with Crippen LogP contribution >= 0.6 is 10.7 Å². The Bertz CT molecular complexity index is 825. The molecule has 0 aliphatic rings. The van der Waals surface area contributed by atoms with E-state index in [4.69, 9.17) is 10.7 Å². The summed E-state index contributed by atoms with van der Waals surface area (Å²) in [6.45, 7) is 6.13. The van der Waals surface area contributed by atoms with Gasteiger partial charge in [0.1, 0.15) is 10.7 Å². The van der Waals surface area contributed by atoms with Crippen LogP contribution in [-0.4, -0.2) is 18.0 Å². The van der Waals surface area contributed by atoms with E-state index in [-0.39, 0.29) is 27.3 Å². The van der Waals surface area contributed by atoms with Crippen LogP contribution in [0.5, 0.6) is 0 Å². The molecule has 7 heteroatoms. The van der Waals surface area contributed by atoms with Gasteiger partial charge in [0.25, 0.3) is 14.6 Å². The molecule has 2 aromatic rings. The Hall–Kier alpha value is -1.40. The molecule has 0 radical (unpaired) electrons. The van der Waals surface area contributed by atoms with Gasteiger partial charge in [-0.15, -0.1) is 0 Å². The molecule has 1 aromatic heterocycles. The second kappa shape index (κ2) is 5.18. The zero-order chi connectivity index (χ0) is 15.1. The van der Waals surface area contributed by atoms with Crippen LogP contribution in [0.15, 0.2) is 27.9 Å². The van der Waals surface area contributed by atoms with Gasteiger partial charge in [0.2, 0.25) is 0 Å². The van der Waals surface area contributed by atoms with Crippen LogP contribution in [0.2, 0.25) is 0 Å². The predicted octanol–water partition coefficient (Wildman–Crippen LogP) is 2.47. The van der Waals surface area contributed by atoms with Crippen molar-refractivity contribution < 1.29 is 8.42 Å². The monoisotopic (exact) mass is 314 g/mol. The number of para-hydroxylation sites is 1. The van der Waals surface area contributed by atoms with Crippen molar-refractivity contribution in [3.8, 4) is 0 Å². The Kier molecular flexibility index (Phi) is 3.88. The summed E-state index contributed by atoms with van der Waals surface area (Å²) in [4.78, 5) is 16.7. The summed E-state index contributed by atoms with van der Waals surface area (Å²) in [5, 5.41) is 0.262. The molecule has 0 spiro atoms. The summed E-state index contributed by atoms with van der Waals surface area (Å²) >= 11 is 0. The third-order valence-corrected chi connectivity index (χ3v) is 4.43. The van der Waals surface area contributed by atoms with E-state index >= 15 is 0 Å². The first-order valence-electron chi connectivity index (χ1n) is 6.25. The van der Waals surface area contributed by atoms with E-state index < -0.39 is 9.05 Å². The average Bonchev–Trinajstić information content (AvgIpc) is 2.36. The SMILES string of the molecule is CCn1c(C(C)C)nc2c(S(=O)(=O)Cl)cccc2c1=O. The van der Waals surface area contributed by atoms with Crippen molar-refractivity contribution in [3.05, 3.63) is 34.4 Å². The number of benzene rings is 1. The first-order valence-corrected chi connectivity index (χ1v) is 8.56. The summed E-state index contributed by atoms with van der Waals surface area (Å²) < 4.78 is 24.8. The maximum Gasteiger partial charge on any atom is 0.263 e. The molecule has 20 heavy (non-hydrogen) atoms. The van der Waals surface area contributed by atoms with Crippen molar-refractivity contribution in [1.82, 2.24) is 9.55 Å². The number of hydrogen-bond acceptors (Lipinski definition) is 4. The van der Waals surface area contributed by atoms with E-state index in [1.165, 1.54) is 12.1 Å². The topological polar surface area (TPSA) is 69.0 Å². The minimum atomic E-state index is -3.95. The third kappa shape index (κ3) is 2.45. The number of halogens is 1. The van der Waals surface area contributed by atoms with Gasteiger partial charge in [-0.1, -0.05) is 19.9 Å². The van der Waals surface area contributed by atoms with Gasteiger partial charge in [0.05, 0.1) is 10.9 Å². The molecule has 0 atom stereocenters. The van der Waals surface area contributed by atoms with Gasteiger partial charge >= 0.3 is 0 Å². The van der Waals surface area contributed by atoms with Gasteiger partial charge in [-0.25, -0.2) is 13.4 Å². The summed E-state index contributed by atoms with van der Waals surface area (Å²) in [6, 6.07) is 4.42. The molecule has 0 saturated carbocycles. The standard InChI is InChI=1S/C13H15ClN2O3S/c1-4-16-12(8(2)3)15-11-9(13(16)17)6-5-7-10(11)20(14,18)19/h5-8H,4H2,1-3H3. The van der Waals surface area contributed by atoms with E-state index in [2.05, 4.69) is 4.98 Å². The van der Waals surface area contributed by atoms with Crippen LogP contribution < -0.4 is 5.56 Å². The second-order valence-corrected chi connectivity index (χ2v) is 7.30. The fraction of sp³-hybridized carbons (Fsp3) is 0.385. The lowest BCUT2D eigenvalue weighted by atomic mass is 10.1. The maximum atomic E-state index is 12.4. The molecule has 0 fully saturated rings. The Morgan fingerprint density at radius 3 is 2.50 bits per heavy atom. The molecule has 1 aromatic carbocycles. The van der Waals surface area contributed by atoms with E-state index in [9.17, 15) is 13.2 Å². The van der Waals surface area contributed by atoms with Gasteiger partial charge in [0.15, 0.2) is 0 Å². The number of aromatic nitrogens is 2. The Labute approximate surface area is 121 Å². The fourth-order valence-corrected chi connectivity index (χ4v) is 3.18. The normalized spacial score (nSPS) is 12.2. The lowest BCUT2D eigenvalue weighted by Crippen LogP contribution is -2.25. The number of nitrogens with zero attached hydrogens (tertiary/aromatic N) is 2. The van der Waals surface area contributed by atoms with Crippen LogP contribution in [0.3, 0.4) is 0 Å². The molecule has 2 rings (SSSR count). The molecule has 0 bridgehead atoms. The lowest BCUT2D eigenvalue weighted by molar-refractivity contribution is 0.607. The highest BCUT2D eigenvalue weighted by Gasteiger charge is 2.20. The van der Waals surface area contributed by atoms with Crippen molar-refractivity contribution in [1.29, 1.82) is 0 Å². The van der Waals surface area contributed by atoms with Crippen molar-refractivity contribution >= 4 is 30.6 Å². The van der Waals surface area contributed by atoms with Crippen molar-refractivity contribution in [3.63, 3.8) is 0 Å². The molecule has 0 saturated heterocycles. The van der Waals surface area contributed by atoms with E-state index in [1.54, 1.807) is 10.6 Å². The van der Waals surface area contributed by atoms with Gasteiger partial charge in [-0.2, -0.15) is 0 Å². The van der Waals surface area contributed by atoms with Gasteiger partial charge in [-0.05, 0) is 19.1 Å². The Balaban J connectivity index is 3.03. The summed E-state index contributed by atoms with van der Waals surface area (Å²) in [5.74, 6) is 0.552. The van der Waals surface area contributed by atoms with Crippen LogP contribution in [-0.2, 0) is 15.6 Å². The summed E-state index contributed by atoms with van der Waals surface area (Å²) in [5.41, 5.74) is -0.107. The van der Waals surface area contributed by atoms with Crippen molar-refractivity contribution in [2.75, 3.05) is 0 Å². The molecule has 5 nitrogen and oxygen atoms in total. The maximum absolute atomic E-state index is 12.4. The summed E-state index contributed by atoms with van der Waals surface area (Å²) in [6.07, 6.45) is 0. The minimum Gasteiger partial charge on any atom is -0.296 e. The third-order valence-electron chi connectivity index (χ3n) is 3.07. The smallest absolute Gasteiger partial charge is 0.263 e. The van der Waals surface area contributed by atoms with Gasteiger partial charge in [0, 0.05) is 23.1 Å². The predicted molar refractivity (Wildman–Crippen MR) is 78.8 cm³/mol. The Morgan fingerprint density at radius 2 is 2.00 bits per heavy atom. The first kappa shape index (κ1) is 15.0. The summed E-state index contributed by atoms with van der Waals surface area (Å²) in [7, 11) is 1.47. The highest BCUT2D eigenvalue weighted by Crippen LogP contribution is 2.24. The van der Waals surface area contributed by atoms with E-state index in [1.807, 2.05) is 20.8 Å². The first-order chi connectivity index (χ1) is 9.27. The molecule has 0 aliphatic heterocycles. The van der Waals surface area contributed by atoms with Crippen molar-refractivity contribution in [2.24, 2.45) is 0 Å². The molecule has 108 valence electrons. The number of rotatable bonds is 3. The number of fused-ring (bicyclic) bond motifs is 1. The largest absolute Gasteiger partial charge is 0.296 e. The molecular formula is C13H15ClN2O3S. The molecular weight excluding hydrogens is 300 g/mol. The number of hydrogen-bond donors (Lipinski definition) is 0. The highest BCUT2D eigenvalue weighted by atomic mass is 35.7. The Morgan fingerprint density at radius 1 is 1.35 bits per heavy atom. The molecule has 0 amide bonds. The average molecular weight is 315 g/mol. The van der Waals surface area contributed by atoms with E-state index in [0.29, 0.717) is 12.4 Å². The zero-order valence-electron chi connectivity index (χ0n) is 11.4. The minimum absolute atomic E-state index is 0.00173. The second-order valence-electron chi connectivity index (χ2n) is 4.76. The van der Waals surface area contributed by atoms with Crippen LogP contribution in [0.1, 0.15) is 32.5 Å². The lowest BCUT2D eigenvalue weighted by Gasteiger charge is -2.15. The molecule has 1 heterocycles. The van der Waals surface area contributed by atoms with Crippen LogP contribution in [0.25, 0.3) is 10.9 Å². The van der Waals surface area contributed by atoms with Crippen LogP contribution in [0, 0.1) is 0 Å². The zero-order valence-corrected chi connectivity index (χ0v) is 13.0.